The van der Waals surface area contributed by atoms with Crippen LogP contribution in [0.1, 0.15) is 38.8 Å². The highest BCUT2D eigenvalue weighted by atomic mass is 16.5. The van der Waals surface area contributed by atoms with Crippen molar-refractivity contribution in [2.75, 3.05) is 19.7 Å². The third kappa shape index (κ3) is 4.56. The normalized spacial score (nSPS) is 12.4. The van der Waals surface area contributed by atoms with Crippen molar-refractivity contribution in [3.8, 4) is 5.75 Å². The van der Waals surface area contributed by atoms with Crippen LogP contribution in [-0.2, 0) is 4.79 Å². The number of carboxylic acids is 1. The summed E-state index contributed by atoms with van der Waals surface area (Å²) >= 11 is 0. The highest BCUT2D eigenvalue weighted by molar-refractivity contribution is 5.66. The zero-order valence-electron chi connectivity index (χ0n) is 11.9. The number of nitrogens with zero attached hydrogens (tertiary/aromatic N) is 1. The van der Waals surface area contributed by atoms with Crippen molar-refractivity contribution in [3.63, 3.8) is 0 Å². The Balaban J connectivity index is 2.83. The Labute approximate surface area is 115 Å². The second-order valence-electron chi connectivity index (χ2n) is 4.42. The van der Waals surface area contributed by atoms with E-state index in [1.54, 1.807) is 0 Å². The van der Waals surface area contributed by atoms with Crippen molar-refractivity contribution >= 4 is 5.97 Å². The maximum Gasteiger partial charge on any atom is 0.304 e. The number of hydrogen-bond donors (Lipinski definition) is 1. The molecular formula is C15H23NO3. The Bertz CT molecular complexity index is 406. The van der Waals surface area contributed by atoms with Crippen LogP contribution in [0.25, 0.3) is 0 Å². The number of para-hydroxylation sites is 1. The van der Waals surface area contributed by atoms with Crippen molar-refractivity contribution in [2.24, 2.45) is 0 Å². The van der Waals surface area contributed by atoms with Gasteiger partial charge in [-0.2, -0.15) is 0 Å². The molecule has 0 aliphatic carbocycles. The molecule has 1 aromatic rings. The van der Waals surface area contributed by atoms with Crippen LogP contribution in [0.4, 0.5) is 0 Å². The monoisotopic (exact) mass is 265 g/mol. The average Bonchev–Trinajstić information content (AvgIpc) is 2.40. The zero-order chi connectivity index (χ0) is 14.3. The lowest BCUT2D eigenvalue weighted by Crippen LogP contribution is -2.29. The van der Waals surface area contributed by atoms with Crippen LogP contribution in [0.5, 0.6) is 5.75 Å². The summed E-state index contributed by atoms with van der Waals surface area (Å²) in [5, 5.41) is 8.80. The van der Waals surface area contributed by atoms with E-state index in [9.17, 15) is 4.79 Å². The van der Waals surface area contributed by atoms with E-state index in [1.165, 1.54) is 0 Å². The summed E-state index contributed by atoms with van der Waals surface area (Å²) in [6.45, 7) is 8.08. The first-order valence-electron chi connectivity index (χ1n) is 6.77. The smallest absolute Gasteiger partial charge is 0.304 e. The van der Waals surface area contributed by atoms with Crippen LogP contribution in [0.2, 0.25) is 0 Å². The van der Waals surface area contributed by atoms with Crippen molar-refractivity contribution in [2.45, 2.75) is 33.2 Å². The molecule has 106 valence electrons. The van der Waals surface area contributed by atoms with Gasteiger partial charge in [0.05, 0.1) is 13.0 Å². The second kappa shape index (κ2) is 7.79. The van der Waals surface area contributed by atoms with Crippen LogP contribution < -0.4 is 4.74 Å². The molecule has 0 saturated heterocycles. The molecule has 0 radical (unpaired) electrons. The Kier molecular flexibility index (Phi) is 6.36. The number of carboxylic acid groups (broad SMARTS) is 1. The molecule has 0 aromatic heterocycles. The summed E-state index contributed by atoms with van der Waals surface area (Å²) in [6, 6.07) is 8.08. The van der Waals surface area contributed by atoms with Crippen molar-refractivity contribution < 1.29 is 14.6 Å². The Hall–Kier alpha value is -1.55. The first-order chi connectivity index (χ1) is 9.10. The lowest BCUT2D eigenvalue weighted by Gasteiger charge is -2.28. The third-order valence-electron chi connectivity index (χ3n) is 3.24. The van der Waals surface area contributed by atoms with Gasteiger partial charge in [0, 0.05) is 18.2 Å². The van der Waals surface area contributed by atoms with Gasteiger partial charge in [0.1, 0.15) is 5.75 Å². The molecule has 0 bridgehead atoms. The lowest BCUT2D eigenvalue weighted by atomic mass is 10.1. The molecule has 0 heterocycles. The van der Waals surface area contributed by atoms with Crippen molar-refractivity contribution in [1.29, 1.82) is 0 Å². The first kappa shape index (κ1) is 15.5. The van der Waals surface area contributed by atoms with E-state index in [2.05, 4.69) is 11.8 Å². The zero-order valence-corrected chi connectivity index (χ0v) is 11.9. The molecule has 0 aliphatic heterocycles. The van der Waals surface area contributed by atoms with E-state index in [-0.39, 0.29) is 12.5 Å². The minimum atomic E-state index is -0.760. The van der Waals surface area contributed by atoms with E-state index in [0.29, 0.717) is 13.2 Å². The number of hydrogen-bond acceptors (Lipinski definition) is 3. The summed E-state index contributed by atoms with van der Waals surface area (Å²) < 4.78 is 5.64. The molecule has 0 saturated carbocycles. The van der Waals surface area contributed by atoms with Crippen LogP contribution >= 0.6 is 0 Å². The third-order valence-corrected chi connectivity index (χ3v) is 3.24. The van der Waals surface area contributed by atoms with Gasteiger partial charge in [-0.3, -0.25) is 9.69 Å². The quantitative estimate of drug-likeness (QED) is 0.785. The Morgan fingerprint density at radius 3 is 2.63 bits per heavy atom. The van der Waals surface area contributed by atoms with E-state index < -0.39 is 5.97 Å². The summed E-state index contributed by atoms with van der Waals surface area (Å²) in [5.41, 5.74) is 1.11. The molecule has 4 nitrogen and oxygen atoms in total. The Morgan fingerprint density at radius 1 is 1.37 bits per heavy atom. The van der Waals surface area contributed by atoms with Crippen LogP contribution in [0, 0.1) is 0 Å². The van der Waals surface area contributed by atoms with Gasteiger partial charge in [-0.15, -0.1) is 0 Å². The molecule has 1 rings (SSSR count). The van der Waals surface area contributed by atoms with Crippen LogP contribution in [0.3, 0.4) is 0 Å². The Morgan fingerprint density at radius 2 is 2.05 bits per heavy atom. The molecule has 1 atom stereocenters. The number of carbonyl (C=O) groups is 1. The SMILES string of the molecule is CCOc1ccccc1C(C)N(CC)CCC(=O)O. The highest BCUT2D eigenvalue weighted by Crippen LogP contribution is 2.29. The van der Waals surface area contributed by atoms with E-state index in [0.717, 1.165) is 17.9 Å². The fourth-order valence-corrected chi connectivity index (χ4v) is 2.17. The largest absolute Gasteiger partial charge is 0.494 e. The molecule has 19 heavy (non-hydrogen) atoms. The van der Waals surface area contributed by atoms with Crippen molar-refractivity contribution in [3.05, 3.63) is 29.8 Å². The predicted octanol–water partition coefficient (Wildman–Crippen LogP) is 2.94. The molecular weight excluding hydrogens is 242 g/mol. The minimum Gasteiger partial charge on any atom is -0.494 e. The van der Waals surface area contributed by atoms with Gasteiger partial charge in [-0.1, -0.05) is 25.1 Å². The maximum absolute atomic E-state index is 10.7. The van der Waals surface area contributed by atoms with Crippen LogP contribution in [-0.4, -0.2) is 35.7 Å². The van der Waals surface area contributed by atoms with Gasteiger partial charge >= 0.3 is 5.97 Å². The van der Waals surface area contributed by atoms with Gasteiger partial charge in [0.25, 0.3) is 0 Å². The molecule has 0 amide bonds. The molecule has 0 fully saturated rings. The minimum absolute atomic E-state index is 0.145. The highest BCUT2D eigenvalue weighted by Gasteiger charge is 2.18. The molecule has 1 N–H and O–H groups in total. The number of rotatable bonds is 8. The molecule has 0 aliphatic rings. The van der Waals surface area contributed by atoms with Gasteiger partial charge in [0.15, 0.2) is 0 Å². The first-order valence-corrected chi connectivity index (χ1v) is 6.77. The summed E-state index contributed by atoms with van der Waals surface area (Å²) in [4.78, 5) is 12.8. The number of benzene rings is 1. The second-order valence-corrected chi connectivity index (χ2v) is 4.42. The van der Waals surface area contributed by atoms with E-state index >= 15 is 0 Å². The standard InChI is InChI=1S/C15H23NO3/c1-4-16(11-10-15(17)18)12(3)13-8-6-7-9-14(13)19-5-2/h6-9,12H,4-5,10-11H2,1-3H3,(H,17,18). The van der Waals surface area contributed by atoms with E-state index in [4.69, 9.17) is 9.84 Å². The summed E-state index contributed by atoms with van der Waals surface area (Å²) in [6.07, 6.45) is 0.162. The lowest BCUT2D eigenvalue weighted by molar-refractivity contribution is -0.137. The van der Waals surface area contributed by atoms with Crippen molar-refractivity contribution in [1.82, 2.24) is 4.90 Å². The number of aliphatic carboxylic acids is 1. The van der Waals surface area contributed by atoms with E-state index in [1.807, 2.05) is 38.1 Å². The average molecular weight is 265 g/mol. The topological polar surface area (TPSA) is 49.8 Å². The molecule has 4 heteroatoms. The summed E-state index contributed by atoms with van der Waals surface area (Å²) in [5.74, 6) is 0.120. The molecule has 1 aromatic carbocycles. The fourth-order valence-electron chi connectivity index (χ4n) is 2.17. The maximum atomic E-state index is 10.7. The van der Waals surface area contributed by atoms with Gasteiger partial charge in [-0.25, -0.2) is 0 Å². The van der Waals surface area contributed by atoms with Gasteiger partial charge in [0.2, 0.25) is 0 Å². The van der Waals surface area contributed by atoms with Gasteiger partial charge < -0.3 is 9.84 Å². The summed E-state index contributed by atoms with van der Waals surface area (Å²) in [7, 11) is 0. The molecule has 0 spiro atoms. The van der Waals surface area contributed by atoms with Crippen LogP contribution in [0.15, 0.2) is 24.3 Å². The predicted molar refractivity (Wildman–Crippen MR) is 75.5 cm³/mol. The number of ether oxygens (including phenoxy) is 1. The molecule has 1 unspecified atom stereocenters. The van der Waals surface area contributed by atoms with Gasteiger partial charge in [-0.05, 0) is 26.5 Å². The fraction of sp³-hybridized carbons (Fsp3) is 0.533.